The molecule has 5 heteroatoms. The van der Waals surface area contributed by atoms with E-state index in [1.165, 1.54) is 0 Å². The number of nitrogens with one attached hydrogen (secondary N) is 1. The zero-order chi connectivity index (χ0) is 12.1. The van der Waals surface area contributed by atoms with Crippen molar-refractivity contribution in [3.63, 3.8) is 0 Å². The van der Waals surface area contributed by atoms with Crippen LogP contribution in [0.2, 0.25) is 5.02 Å². The molecule has 0 saturated carbocycles. The van der Waals surface area contributed by atoms with Gasteiger partial charge < -0.3 is 10.2 Å². The molecule has 0 atom stereocenters. The summed E-state index contributed by atoms with van der Waals surface area (Å²) in [5, 5.41) is 4.10. The largest absolute Gasteiger partial charge is 0.376 e. The first kappa shape index (κ1) is 13.3. The maximum atomic E-state index is 11.5. The summed E-state index contributed by atoms with van der Waals surface area (Å²) in [5.41, 5.74) is 1.68. The molecule has 0 fully saturated rings. The third-order valence-corrected chi connectivity index (χ3v) is 2.67. The Hall–Kier alpha value is -0.740. The van der Waals surface area contributed by atoms with Crippen molar-refractivity contribution < 1.29 is 4.79 Å². The molecule has 88 valence electrons. The first-order valence-electron chi connectivity index (χ1n) is 4.87. The van der Waals surface area contributed by atoms with E-state index in [-0.39, 0.29) is 5.91 Å². The van der Waals surface area contributed by atoms with Crippen molar-refractivity contribution in [1.82, 2.24) is 0 Å². The smallest absolute Gasteiger partial charge is 0.225 e. The van der Waals surface area contributed by atoms with Crippen LogP contribution in [-0.2, 0) is 4.79 Å². The number of amides is 1. The third-order valence-electron chi connectivity index (χ3n) is 2.04. The van der Waals surface area contributed by atoms with Crippen molar-refractivity contribution in [3.05, 3.63) is 23.2 Å². The number of alkyl halides is 1. The number of benzene rings is 1. The van der Waals surface area contributed by atoms with Crippen molar-refractivity contribution in [2.75, 3.05) is 29.6 Å². The molecule has 16 heavy (non-hydrogen) atoms. The molecule has 0 radical (unpaired) electrons. The lowest BCUT2D eigenvalue weighted by atomic mass is 10.2. The van der Waals surface area contributed by atoms with E-state index in [4.69, 9.17) is 11.6 Å². The fourth-order valence-electron chi connectivity index (χ4n) is 1.30. The van der Waals surface area contributed by atoms with Crippen LogP contribution >= 0.6 is 27.5 Å². The van der Waals surface area contributed by atoms with Crippen LogP contribution in [0.4, 0.5) is 11.4 Å². The minimum atomic E-state index is -0.0257. The van der Waals surface area contributed by atoms with Gasteiger partial charge in [-0.3, -0.25) is 4.79 Å². The van der Waals surface area contributed by atoms with Gasteiger partial charge in [0.25, 0.3) is 0 Å². The fraction of sp³-hybridized carbons (Fsp3) is 0.364. The first-order chi connectivity index (χ1) is 7.54. The number of carbonyl (C=O) groups excluding carboxylic acids is 1. The lowest BCUT2D eigenvalue weighted by molar-refractivity contribution is -0.115. The lowest BCUT2D eigenvalue weighted by Crippen LogP contribution is -2.16. The van der Waals surface area contributed by atoms with Gasteiger partial charge in [0.15, 0.2) is 0 Å². The minimum Gasteiger partial charge on any atom is -0.376 e. The van der Waals surface area contributed by atoms with E-state index < -0.39 is 0 Å². The summed E-state index contributed by atoms with van der Waals surface area (Å²) in [6.45, 7) is 0. The number of hydrogen-bond acceptors (Lipinski definition) is 2. The van der Waals surface area contributed by atoms with E-state index in [1.807, 2.05) is 25.1 Å². The topological polar surface area (TPSA) is 32.3 Å². The molecule has 0 bridgehead atoms. The van der Waals surface area contributed by atoms with Gasteiger partial charge in [-0.1, -0.05) is 27.5 Å². The summed E-state index contributed by atoms with van der Waals surface area (Å²) < 4.78 is 0. The van der Waals surface area contributed by atoms with Crippen molar-refractivity contribution >= 4 is 44.8 Å². The van der Waals surface area contributed by atoms with Crippen LogP contribution in [0.1, 0.15) is 6.42 Å². The summed E-state index contributed by atoms with van der Waals surface area (Å²) in [6.07, 6.45) is 0.444. The zero-order valence-corrected chi connectivity index (χ0v) is 11.6. The highest BCUT2D eigenvalue weighted by molar-refractivity contribution is 9.09. The standard InChI is InChI=1S/C11H14BrClN2O/c1-15(2)10-4-3-8(13)7-9(10)14-11(16)5-6-12/h3-4,7H,5-6H2,1-2H3,(H,14,16). The molecule has 1 aromatic rings. The average molecular weight is 306 g/mol. The molecule has 1 rings (SSSR count). The molecule has 0 unspecified atom stereocenters. The second-order valence-corrected chi connectivity index (χ2v) is 4.77. The highest BCUT2D eigenvalue weighted by Gasteiger charge is 2.08. The van der Waals surface area contributed by atoms with Gasteiger partial charge in [-0.05, 0) is 18.2 Å². The monoisotopic (exact) mass is 304 g/mol. The summed E-state index contributed by atoms with van der Waals surface area (Å²) in [5.74, 6) is -0.0257. The highest BCUT2D eigenvalue weighted by Crippen LogP contribution is 2.27. The summed E-state index contributed by atoms with van der Waals surface area (Å²) in [7, 11) is 3.84. The predicted octanol–water partition coefficient (Wildman–Crippen LogP) is 3.13. The molecular formula is C11H14BrClN2O. The SMILES string of the molecule is CN(C)c1ccc(Cl)cc1NC(=O)CCBr. The molecule has 1 amide bonds. The Kier molecular flexibility index (Phi) is 5.09. The van der Waals surface area contributed by atoms with Gasteiger partial charge in [-0.15, -0.1) is 0 Å². The third kappa shape index (κ3) is 3.68. The number of hydrogen-bond donors (Lipinski definition) is 1. The Morgan fingerprint density at radius 1 is 1.50 bits per heavy atom. The van der Waals surface area contributed by atoms with Gasteiger partial charge in [0, 0.05) is 30.9 Å². The van der Waals surface area contributed by atoms with Crippen LogP contribution in [0.25, 0.3) is 0 Å². The van der Waals surface area contributed by atoms with Crippen molar-refractivity contribution in [1.29, 1.82) is 0 Å². The molecule has 0 saturated heterocycles. The molecule has 0 aliphatic heterocycles. The molecular weight excluding hydrogens is 291 g/mol. The molecule has 3 nitrogen and oxygen atoms in total. The van der Waals surface area contributed by atoms with E-state index in [1.54, 1.807) is 12.1 Å². The van der Waals surface area contributed by atoms with Crippen molar-refractivity contribution in [2.45, 2.75) is 6.42 Å². The summed E-state index contributed by atoms with van der Waals surface area (Å²) in [4.78, 5) is 13.4. The molecule has 1 N–H and O–H groups in total. The Morgan fingerprint density at radius 2 is 2.19 bits per heavy atom. The van der Waals surface area contributed by atoms with Crippen LogP contribution in [0, 0.1) is 0 Å². The zero-order valence-electron chi connectivity index (χ0n) is 9.26. The normalized spacial score (nSPS) is 10.0. The minimum absolute atomic E-state index is 0.0257. The van der Waals surface area contributed by atoms with Gasteiger partial charge in [-0.25, -0.2) is 0 Å². The molecule has 0 heterocycles. The number of anilines is 2. The quantitative estimate of drug-likeness (QED) is 0.867. The second-order valence-electron chi connectivity index (χ2n) is 3.54. The van der Waals surface area contributed by atoms with Gasteiger partial charge in [-0.2, -0.15) is 0 Å². The number of nitrogens with zero attached hydrogens (tertiary/aromatic N) is 1. The lowest BCUT2D eigenvalue weighted by Gasteiger charge is -2.18. The Morgan fingerprint density at radius 3 is 2.75 bits per heavy atom. The van der Waals surface area contributed by atoms with Gasteiger partial charge in [0.2, 0.25) is 5.91 Å². The maximum absolute atomic E-state index is 11.5. The van der Waals surface area contributed by atoms with Crippen LogP contribution < -0.4 is 10.2 Å². The summed E-state index contributed by atoms with van der Waals surface area (Å²) >= 11 is 9.13. The van der Waals surface area contributed by atoms with Crippen LogP contribution in [0.3, 0.4) is 0 Å². The van der Waals surface area contributed by atoms with E-state index in [2.05, 4.69) is 21.2 Å². The highest BCUT2D eigenvalue weighted by atomic mass is 79.9. The fourth-order valence-corrected chi connectivity index (χ4v) is 1.83. The Balaban J connectivity index is 2.92. The average Bonchev–Trinajstić information content (AvgIpc) is 2.17. The molecule has 0 spiro atoms. The molecule has 0 aliphatic rings. The Bertz CT molecular complexity index is 382. The molecule has 0 aromatic heterocycles. The van der Waals surface area contributed by atoms with Gasteiger partial charge >= 0.3 is 0 Å². The van der Waals surface area contributed by atoms with E-state index in [0.717, 1.165) is 11.4 Å². The van der Waals surface area contributed by atoms with Crippen molar-refractivity contribution in [2.24, 2.45) is 0 Å². The van der Waals surface area contributed by atoms with Crippen LogP contribution in [0.5, 0.6) is 0 Å². The van der Waals surface area contributed by atoms with Crippen LogP contribution in [0.15, 0.2) is 18.2 Å². The molecule has 0 aliphatic carbocycles. The van der Waals surface area contributed by atoms with E-state index in [9.17, 15) is 4.79 Å². The van der Waals surface area contributed by atoms with E-state index >= 15 is 0 Å². The second kappa shape index (κ2) is 6.11. The van der Waals surface area contributed by atoms with Crippen molar-refractivity contribution in [3.8, 4) is 0 Å². The maximum Gasteiger partial charge on any atom is 0.225 e. The van der Waals surface area contributed by atoms with Gasteiger partial charge in [0.1, 0.15) is 0 Å². The summed E-state index contributed by atoms with van der Waals surface area (Å²) in [6, 6.07) is 5.44. The van der Waals surface area contributed by atoms with E-state index in [0.29, 0.717) is 16.8 Å². The first-order valence-corrected chi connectivity index (χ1v) is 6.37. The Labute approximate surface area is 109 Å². The van der Waals surface area contributed by atoms with Crippen LogP contribution in [-0.4, -0.2) is 25.3 Å². The van der Waals surface area contributed by atoms with Gasteiger partial charge in [0.05, 0.1) is 11.4 Å². The predicted molar refractivity (Wildman–Crippen MR) is 72.8 cm³/mol. The number of rotatable bonds is 4. The number of halogens is 2. The number of carbonyl (C=O) groups is 1. The molecule has 1 aromatic carbocycles.